The van der Waals surface area contributed by atoms with Crippen LogP contribution < -0.4 is 4.90 Å². The standard InChI is InChI=1S/C15H16F3NO3/c1-14(22)6-9(7-14)19-12(21)3-2-8-4-10(20)5-11(13(8)19)15(16,17)18/h4-5,9,20,22H,2-3,6-7H2,1H3. The predicted octanol–water partition coefficient (Wildman–Crippen LogP) is 2.60. The highest BCUT2D eigenvalue weighted by Crippen LogP contribution is 2.47. The summed E-state index contributed by atoms with van der Waals surface area (Å²) in [5, 5.41) is 19.4. The molecule has 1 amide bonds. The van der Waals surface area contributed by atoms with Crippen molar-refractivity contribution in [3.8, 4) is 5.75 Å². The maximum atomic E-state index is 13.3. The maximum Gasteiger partial charge on any atom is 0.418 e. The molecule has 0 atom stereocenters. The van der Waals surface area contributed by atoms with E-state index >= 15 is 0 Å². The van der Waals surface area contributed by atoms with Crippen LogP contribution in [0.15, 0.2) is 12.1 Å². The van der Waals surface area contributed by atoms with Crippen LogP contribution in [0.3, 0.4) is 0 Å². The molecule has 3 rings (SSSR count). The molecule has 0 spiro atoms. The summed E-state index contributed by atoms with van der Waals surface area (Å²) in [5.41, 5.74) is -1.79. The lowest BCUT2D eigenvalue weighted by Crippen LogP contribution is -2.57. The van der Waals surface area contributed by atoms with Crippen molar-refractivity contribution in [3.63, 3.8) is 0 Å². The first-order chi connectivity index (χ1) is 10.1. The number of rotatable bonds is 1. The second-order valence-electron chi connectivity index (χ2n) is 6.32. The summed E-state index contributed by atoms with van der Waals surface area (Å²) < 4.78 is 39.9. The van der Waals surface area contributed by atoms with Crippen LogP contribution in [0.4, 0.5) is 18.9 Å². The highest BCUT2D eigenvalue weighted by Gasteiger charge is 2.48. The fourth-order valence-corrected chi connectivity index (χ4v) is 3.38. The van der Waals surface area contributed by atoms with Gasteiger partial charge in [-0.15, -0.1) is 0 Å². The Bertz CT molecular complexity index is 632. The normalized spacial score (nSPS) is 28.3. The molecule has 1 heterocycles. The van der Waals surface area contributed by atoms with Gasteiger partial charge < -0.3 is 15.1 Å². The van der Waals surface area contributed by atoms with E-state index in [9.17, 15) is 28.2 Å². The molecule has 22 heavy (non-hydrogen) atoms. The van der Waals surface area contributed by atoms with Crippen molar-refractivity contribution in [2.45, 2.75) is 50.4 Å². The van der Waals surface area contributed by atoms with Gasteiger partial charge in [-0.2, -0.15) is 13.2 Å². The van der Waals surface area contributed by atoms with Crippen LogP contribution in [-0.2, 0) is 17.4 Å². The number of aryl methyl sites for hydroxylation is 1. The van der Waals surface area contributed by atoms with Gasteiger partial charge in [-0.25, -0.2) is 0 Å². The molecule has 0 bridgehead atoms. The lowest BCUT2D eigenvalue weighted by Gasteiger charge is -2.48. The van der Waals surface area contributed by atoms with Crippen molar-refractivity contribution in [2.75, 3.05) is 4.90 Å². The van der Waals surface area contributed by atoms with Gasteiger partial charge in [-0.3, -0.25) is 4.79 Å². The van der Waals surface area contributed by atoms with Crippen LogP contribution in [0, 0.1) is 0 Å². The van der Waals surface area contributed by atoms with E-state index in [1.807, 2.05) is 0 Å². The van der Waals surface area contributed by atoms with Gasteiger partial charge in [-0.1, -0.05) is 0 Å². The summed E-state index contributed by atoms with van der Waals surface area (Å²) >= 11 is 0. The molecule has 4 nitrogen and oxygen atoms in total. The van der Waals surface area contributed by atoms with E-state index in [0.29, 0.717) is 11.6 Å². The number of carbonyl (C=O) groups excluding carboxylic acids is 1. The van der Waals surface area contributed by atoms with Crippen LogP contribution in [0.25, 0.3) is 0 Å². The highest BCUT2D eigenvalue weighted by molar-refractivity contribution is 5.98. The number of amides is 1. The van der Waals surface area contributed by atoms with Crippen molar-refractivity contribution in [2.24, 2.45) is 0 Å². The molecule has 1 fully saturated rings. The van der Waals surface area contributed by atoms with Gasteiger partial charge >= 0.3 is 6.18 Å². The predicted molar refractivity (Wildman–Crippen MR) is 72.6 cm³/mol. The molecule has 1 aliphatic heterocycles. The largest absolute Gasteiger partial charge is 0.508 e. The van der Waals surface area contributed by atoms with Gasteiger partial charge in [0.25, 0.3) is 0 Å². The summed E-state index contributed by atoms with van der Waals surface area (Å²) in [7, 11) is 0. The van der Waals surface area contributed by atoms with Crippen molar-refractivity contribution >= 4 is 11.6 Å². The van der Waals surface area contributed by atoms with Crippen LogP contribution in [0.1, 0.15) is 37.3 Å². The number of alkyl halides is 3. The molecule has 2 N–H and O–H groups in total. The van der Waals surface area contributed by atoms with Crippen LogP contribution in [0.5, 0.6) is 5.75 Å². The molecule has 1 aromatic rings. The summed E-state index contributed by atoms with van der Waals surface area (Å²) in [5.74, 6) is -0.829. The van der Waals surface area contributed by atoms with Gasteiger partial charge in [0.15, 0.2) is 0 Å². The number of fused-ring (bicyclic) bond motifs is 1. The Morgan fingerprint density at radius 1 is 1.27 bits per heavy atom. The number of halogens is 3. The average molecular weight is 315 g/mol. The first-order valence-electron chi connectivity index (χ1n) is 7.06. The third kappa shape index (κ3) is 2.43. The minimum absolute atomic E-state index is 0.104. The zero-order chi connectivity index (χ0) is 16.3. The summed E-state index contributed by atoms with van der Waals surface area (Å²) in [4.78, 5) is 13.3. The number of hydrogen-bond acceptors (Lipinski definition) is 3. The molecule has 1 aliphatic carbocycles. The number of aliphatic hydroxyl groups is 1. The minimum Gasteiger partial charge on any atom is -0.508 e. The van der Waals surface area contributed by atoms with E-state index < -0.39 is 29.1 Å². The van der Waals surface area contributed by atoms with Gasteiger partial charge in [0.1, 0.15) is 5.75 Å². The quantitative estimate of drug-likeness (QED) is 0.837. The number of anilines is 1. The number of phenolic OH excluding ortho intramolecular Hbond substituents is 1. The lowest BCUT2D eigenvalue weighted by atomic mass is 9.75. The fourth-order valence-electron chi connectivity index (χ4n) is 3.38. The molecular formula is C15H16F3NO3. The Labute approximate surface area is 125 Å². The smallest absolute Gasteiger partial charge is 0.418 e. The van der Waals surface area contributed by atoms with Crippen molar-refractivity contribution < 1.29 is 28.2 Å². The van der Waals surface area contributed by atoms with Gasteiger partial charge in [0.05, 0.1) is 16.9 Å². The number of carbonyl (C=O) groups is 1. The highest BCUT2D eigenvalue weighted by atomic mass is 19.4. The Morgan fingerprint density at radius 3 is 2.45 bits per heavy atom. The second kappa shape index (κ2) is 4.62. The summed E-state index contributed by atoms with van der Waals surface area (Å²) in [6, 6.07) is 1.49. The molecule has 2 aliphatic rings. The van der Waals surface area contributed by atoms with E-state index in [-0.39, 0.29) is 37.3 Å². The first-order valence-corrected chi connectivity index (χ1v) is 7.06. The summed E-state index contributed by atoms with van der Waals surface area (Å²) in [6.07, 6.45) is -3.89. The molecule has 1 aromatic carbocycles. The Hall–Kier alpha value is -1.76. The zero-order valence-electron chi connectivity index (χ0n) is 11.9. The molecular weight excluding hydrogens is 299 g/mol. The SMILES string of the molecule is CC1(O)CC(N2C(=O)CCc3cc(O)cc(C(F)(F)F)c32)C1. The topological polar surface area (TPSA) is 60.8 Å². The Balaban J connectivity index is 2.11. The maximum absolute atomic E-state index is 13.3. The Kier molecular flexibility index (Phi) is 3.18. The number of phenols is 1. The third-order valence-electron chi connectivity index (χ3n) is 4.31. The fraction of sp³-hybridized carbons (Fsp3) is 0.533. The van der Waals surface area contributed by atoms with E-state index in [4.69, 9.17) is 0 Å². The van der Waals surface area contributed by atoms with E-state index in [1.54, 1.807) is 6.92 Å². The molecule has 0 radical (unpaired) electrons. The van der Waals surface area contributed by atoms with Crippen LogP contribution >= 0.6 is 0 Å². The van der Waals surface area contributed by atoms with Crippen LogP contribution in [0.2, 0.25) is 0 Å². The first kappa shape index (κ1) is 15.1. The third-order valence-corrected chi connectivity index (χ3v) is 4.31. The minimum atomic E-state index is -4.66. The second-order valence-corrected chi connectivity index (χ2v) is 6.32. The number of aromatic hydroxyl groups is 1. The zero-order valence-corrected chi connectivity index (χ0v) is 11.9. The average Bonchev–Trinajstić information content (AvgIpc) is 2.34. The van der Waals surface area contributed by atoms with Crippen LogP contribution in [-0.4, -0.2) is 27.8 Å². The van der Waals surface area contributed by atoms with E-state index in [2.05, 4.69) is 0 Å². The van der Waals surface area contributed by atoms with Crippen molar-refractivity contribution in [3.05, 3.63) is 23.3 Å². The molecule has 0 saturated heterocycles. The molecule has 120 valence electrons. The number of benzene rings is 1. The molecule has 0 aromatic heterocycles. The monoisotopic (exact) mass is 315 g/mol. The molecule has 0 unspecified atom stereocenters. The van der Waals surface area contributed by atoms with E-state index in [0.717, 1.165) is 0 Å². The van der Waals surface area contributed by atoms with Gasteiger partial charge in [0, 0.05) is 12.5 Å². The van der Waals surface area contributed by atoms with Crippen molar-refractivity contribution in [1.82, 2.24) is 0 Å². The number of hydrogen-bond donors (Lipinski definition) is 2. The lowest BCUT2D eigenvalue weighted by molar-refractivity contribution is -0.137. The van der Waals surface area contributed by atoms with E-state index in [1.165, 1.54) is 11.0 Å². The Morgan fingerprint density at radius 2 is 1.91 bits per heavy atom. The molecule has 7 heteroatoms. The number of nitrogens with zero attached hydrogens (tertiary/aromatic N) is 1. The van der Waals surface area contributed by atoms with Gasteiger partial charge in [0.2, 0.25) is 5.91 Å². The summed E-state index contributed by atoms with van der Waals surface area (Å²) in [6.45, 7) is 1.60. The van der Waals surface area contributed by atoms with Gasteiger partial charge in [-0.05, 0) is 43.9 Å². The molecule has 1 saturated carbocycles. The van der Waals surface area contributed by atoms with Crippen molar-refractivity contribution in [1.29, 1.82) is 0 Å².